The summed E-state index contributed by atoms with van der Waals surface area (Å²) in [6.45, 7) is 4.31. The summed E-state index contributed by atoms with van der Waals surface area (Å²) in [5.74, 6) is -0.0736. The Bertz CT molecular complexity index is 404. The van der Waals surface area contributed by atoms with Crippen LogP contribution >= 0.6 is 12.2 Å². The molecule has 1 rings (SSSR count). The first-order valence-corrected chi connectivity index (χ1v) is 5.55. The molecule has 0 saturated heterocycles. The minimum atomic E-state index is -0.0909. The van der Waals surface area contributed by atoms with Crippen LogP contribution in [0.2, 0.25) is 0 Å². The second kappa shape index (κ2) is 5.61. The number of aryl methyl sites for hydroxylation is 1. The van der Waals surface area contributed by atoms with E-state index >= 15 is 0 Å². The molecule has 1 atom stereocenters. The fourth-order valence-corrected chi connectivity index (χ4v) is 1.32. The van der Waals surface area contributed by atoms with Crippen LogP contribution in [0.1, 0.15) is 22.8 Å². The molecule has 1 aromatic carbocycles. The van der Waals surface area contributed by atoms with Crippen molar-refractivity contribution < 1.29 is 4.79 Å². The monoisotopic (exact) mass is 236 g/mol. The number of thiocarbonyl (C=S) groups is 1. The van der Waals surface area contributed by atoms with Gasteiger partial charge in [0.1, 0.15) is 0 Å². The average Bonchev–Trinajstić information content (AvgIpc) is 2.25. The van der Waals surface area contributed by atoms with Gasteiger partial charge in [-0.2, -0.15) is 0 Å². The molecular weight excluding hydrogens is 220 g/mol. The molecule has 3 N–H and O–H groups in total. The van der Waals surface area contributed by atoms with E-state index in [4.69, 9.17) is 18.0 Å². The van der Waals surface area contributed by atoms with Crippen molar-refractivity contribution in [3.8, 4) is 0 Å². The summed E-state index contributed by atoms with van der Waals surface area (Å²) in [4.78, 5) is 12.1. The van der Waals surface area contributed by atoms with E-state index in [2.05, 4.69) is 5.32 Å². The molecule has 3 nitrogen and oxygen atoms in total. The second-order valence-corrected chi connectivity index (χ2v) is 4.35. The van der Waals surface area contributed by atoms with Gasteiger partial charge in [0.25, 0.3) is 5.91 Å². The third kappa shape index (κ3) is 3.62. The Labute approximate surface area is 101 Å². The van der Waals surface area contributed by atoms with Crippen molar-refractivity contribution in [2.75, 3.05) is 6.54 Å². The number of rotatable bonds is 4. The fourth-order valence-electron chi connectivity index (χ4n) is 1.23. The zero-order valence-electron chi connectivity index (χ0n) is 9.49. The van der Waals surface area contributed by atoms with E-state index in [-0.39, 0.29) is 11.8 Å². The van der Waals surface area contributed by atoms with Crippen LogP contribution in [-0.2, 0) is 0 Å². The lowest BCUT2D eigenvalue weighted by molar-refractivity contribution is 0.0951. The smallest absolute Gasteiger partial charge is 0.251 e. The largest absolute Gasteiger partial charge is 0.393 e. The Kier molecular flexibility index (Phi) is 4.43. The molecule has 0 aliphatic rings. The number of nitrogens with one attached hydrogen (secondary N) is 1. The molecular formula is C12H16N2OS. The van der Waals surface area contributed by atoms with Crippen LogP contribution in [0.4, 0.5) is 0 Å². The van der Waals surface area contributed by atoms with Crippen LogP contribution in [0.15, 0.2) is 24.3 Å². The number of hydrogen-bond acceptors (Lipinski definition) is 2. The summed E-state index contributed by atoms with van der Waals surface area (Å²) < 4.78 is 0. The Morgan fingerprint density at radius 1 is 1.56 bits per heavy atom. The van der Waals surface area contributed by atoms with Gasteiger partial charge in [0, 0.05) is 18.0 Å². The summed E-state index contributed by atoms with van der Waals surface area (Å²) in [5, 5.41) is 2.80. The highest BCUT2D eigenvalue weighted by molar-refractivity contribution is 7.80. The molecule has 0 fully saturated rings. The van der Waals surface area contributed by atoms with Crippen LogP contribution in [-0.4, -0.2) is 17.4 Å². The highest BCUT2D eigenvalue weighted by Gasteiger charge is 2.09. The van der Waals surface area contributed by atoms with Crippen LogP contribution in [0.25, 0.3) is 0 Å². The van der Waals surface area contributed by atoms with Gasteiger partial charge in [-0.15, -0.1) is 0 Å². The van der Waals surface area contributed by atoms with Crippen LogP contribution in [0, 0.1) is 12.8 Å². The Hall–Kier alpha value is -1.42. The van der Waals surface area contributed by atoms with Crippen molar-refractivity contribution in [2.24, 2.45) is 11.7 Å². The van der Waals surface area contributed by atoms with Gasteiger partial charge in [0.05, 0.1) is 4.99 Å². The van der Waals surface area contributed by atoms with Crippen molar-refractivity contribution in [2.45, 2.75) is 13.8 Å². The number of carbonyl (C=O) groups excluding carboxylic acids is 1. The summed E-state index contributed by atoms with van der Waals surface area (Å²) in [7, 11) is 0. The van der Waals surface area contributed by atoms with Crippen molar-refractivity contribution in [3.63, 3.8) is 0 Å². The molecule has 1 amide bonds. The van der Waals surface area contributed by atoms with E-state index in [1.165, 1.54) is 0 Å². The average molecular weight is 236 g/mol. The molecule has 0 aliphatic heterocycles. The number of nitrogens with two attached hydrogens (primary N) is 1. The lowest BCUT2D eigenvalue weighted by Gasteiger charge is -2.11. The Balaban J connectivity index is 2.56. The van der Waals surface area contributed by atoms with Gasteiger partial charge in [-0.3, -0.25) is 4.79 Å². The molecule has 0 heterocycles. The highest BCUT2D eigenvalue weighted by Crippen LogP contribution is 2.04. The first-order chi connectivity index (χ1) is 7.50. The maximum Gasteiger partial charge on any atom is 0.251 e. The van der Waals surface area contributed by atoms with Gasteiger partial charge in [-0.1, -0.05) is 36.8 Å². The maximum absolute atomic E-state index is 11.7. The van der Waals surface area contributed by atoms with Gasteiger partial charge in [-0.05, 0) is 19.1 Å². The second-order valence-electron chi connectivity index (χ2n) is 3.88. The van der Waals surface area contributed by atoms with E-state index in [1.54, 1.807) is 6.07 Å². The van der Waals surface area contributed by atoms with E-state index in [0.29, 0.717) is 17.1 Å². The molecule has 1 unspecified atom stereocenters. The summed E-state index contributed by atoms with van der Waals surface area (Å²) in [5.41, 5.74) is 7.19. The van der Waals surface area contributed by atoms with Gasteiger partial charge >= 0.3 is 0 Å². The lowest BCUT2D eigenvalue weighted by Crippen LogP contribution is -2.33. The van der Waals surface area contributed by atoms with Crippen LogP contribution in [0.3, 0.4) is 0 Å². The van der Waals surface area contributed by atoms with Crippen LogP contribution < -0.4 is 11.1 Å². The first kappa shape index (κ1) is 12.6. The van der Waals surface area contributed by atoms with Gasteiger partial charge < -0.3 is 11.1 Å². The zero-order valence-corrected chi connectivity index (χ0v) is 10.3. The number of hydrogen-bond donors (Lipinski definition) is 2. The van der Waals surface area contributed by atoms with E-state index in [1.807, 2.05) is 32.0 Å². The summed E-state index contributed by atoms with van der Waals surface area (Å²) in [6, 6.07) is 7.45. The van der Waals surface area contributed by atoms with Crippen molar-refractivity contribution in [1.82, 2.24) is 5.32 Å². The Morgan fingerprint density at radius 2 is 2.25 bits per heavy atom. The third-order valence-corrected chi connectivity index (χ3v) is 2.74. The van der Waals surface area contributed by atoms with Gasteiger partial charge in [0.15, 0.2) is 0 Å². The molecule has 1 aromatic rings. The first-order valence-electron chi connectivity index (χ1n) is 5.15. The molecule has 86 valence electrons. The molecule has 4 heteroatoms. The normalized spacial score (nSPS) is 11.9. The molecule has 16 heavy (non-hydrogen) atoms. The van der Waals surface area contributed by atoms with E-state index in [9.17, 15) is 4.79 Å². The number of benzene rings is 1. The topological polar surface area (TPSA) is 55.1 Å². The molecule has 0 saturated carbocycles. The summed E-state index contributed by atoms with van der Waals surface area (Å²) >= 11 is 4.83. The predicted molar refractivity (Wildman–Crippen MR) is 69.5 cm³/mol. The van der Waals surface area contributed by atoms with Crippen molar-refractivity contribution in [3.05, 3.63) is 35.4 Å². The number of carbonyl (C=O) groups is 1. The minimum absolute atomic E-state index is 0.0174. The van der Waals surface area contributed by atoms with Crippen molar-refractivity contribution in [1.29, 1.82) is 0 Å². The molecule has 0 spiro atoms. The molecule has 0 aliphatic carbocycles. The standard InChI is InChI=1S/C12H16N2OS/c1-8-4-3-5-10(6-8)12(15)14-7-9(2)11(13)16/h3-6,9H,7H2,1-2H3,(H2,13,16)(H,14,15). The SMILES string of the molecule is Cc1cccc(C(=O)NCC(C)C(N)=S)c1. The van der Waals surface area contributed by atoms with Gasteiger partial charge in [-0.25, -0.2) is 0 Å². The summed E-state index contributed by atoms with van der Waals surface area (Å²) in [6.07, 6.45) is 0. The molecule has 0 radical (unpaired) electrons. The quantitative estimate of drug-likeness (QED) is 0.782. The maximum atomic E-state index is 11.7. The Morgan fingerprint density at radius 3 is 2.81 bits per heavy atom. The fraction of sp³-hybridized carbons (Fsp3) is 0.333. The molecule has 0 bridgehead atoms. The third-order valence-electron chi connectivity index (χ3n) is 2.33. The van der Waals surface area contributed by atoms with Crippen molar-refractivity contribution >= 4 is 23.1 Å². The van der Waals surface area contributed by atoms with Gasteiger partial charge in [0.2, 0.25) is 0 Å². The zero-order chi connectivity index (χ0) is 12.1. The minimum Gasteiger partial charge on any atom is -0.393 e. The number of amides is 1. The van der Waals surface area contributed by atoms with E-state index in [0.717, 1.165) is 5.56 Å². The lowest BCUT2D eigenvalue weighted by atomic mass is 10.1. The van der Waals surface area contributed by atoms with Crippen LogP contribution in [0.5, 0.6) is 0 Å². The molecule has 0 aromatic heterocycles. The van der Waals surface area contributed by atoms with E-state index < -0.39 is 0 Å². The predicted octanol–water partition coefficient (Wildman–Crippen LogP) is 1.65. The highest BCUT2D eigenvalue weighted by atomic mass is 32.1.